The Morgan fingerprint density at radius 1 is 1.16 bits per heavy atom. The van der Waals surface area contributed by atoms with Crippen LogP contribution in [0, 0.1) is 11.6 Å². The third-order valence-electron chi connectivity index (χ3n) is 3.01. The van der Waals surface area contributed by atoms with Crippen molar-refractivity contribution in [3.8, 4) is 5.75 Å². The maximum absolute atomic E-state index is 13.2. The number of hydrogen-bond donors (Lipinski definition) is 1. The third-order valence-corrected chi connectivity index (χ3v) is 3.30. The van der Waals surface area contributed by atoms with Crippen molar-refractivity contribution in [3.05, 3.63) is 58.6 Å². The molecule has 1 heterocycles. The Morgan fingerprint density at radius 2 is 2.00 bits per heavy atom. The molecule has 1 aliphatic heterocycles. The first-order valence-corrected chi connectivity index (χ1v) is 6.16. The van der Waals surface area contributed by atoms with Crippen LogP contribution in [-0.2, 0) is 0 Å². The zero-order valence-corrected chi connectivity index (χ0v) is 10.5. The number of fused-ring (bicyclic) bond motifs is 1. The van der Waals surface area contributed by atoms with Gasteiger partial charge in [-0.3, -0.25) is 0 Å². The summed E-state index contributed by atoms with van der Waals surface area (Å²) in [5, 5.41) is 3.19. The van der Waals surface area contributed by atoms with Gasteiger partial charge in [0.2, 0.25) is 0 Å². The van der Waals surface area contributed by atoms with Crippen LogP contribution < -0.4 is 10.1 Å². The fourth-order valence-corrected chi connectivity index (χ4v) is 2.22. The summed E-state index contributed by atoms with van der Waals surface area (Å²) >= 11 is 5.75. The van der Waals surface area contributed by atoms with Crippen LogP contribution in [0.1, 0.15) is 11.7 Å². The Morgan fingerprint density at radius 3 is 2.79 bits per heavy atom. The minimum absolute atomic E-state index is 0.0474. The van der Waals surface area contributed by atoms with Crippen molar-refractivity contribution in [2.24, 2.45) is 0 Å². The van der Waals surface area contributed by atoms with Crippen LogP contribution in [0.3, 0.4) is 0 Å². The molecule has 0 bridgehead atoms. The average molecular weight is 282 g/mol. The second kappa shape index (κ2) is 4.70. The lowest BCUT2D eigenvalue weighted by atomic mass is 10.1. The van der Waals surface area contributed by atoms with Crippen molar-refractivity contribution in [1.82, 2.24) is 0 Å². The topological polar surface area (TPSA) is 21.3 Å². The van der Waals surface area contributed by atoms with Gasteiger partial charge < -0.3 is 10.1 Å². The van der Waals surface area contributed by atoms with Crippen LogP contribution in [0.25, 0.3) is 0 Å². The van der Waals surface area contributed by atoms with E-state index in [2.05, 4.69) is 5.32 Å². The molecule has 1 atom stereocenters. The second-order valence-electron chi connectivity index (χ2n) is 4.30. The molecule has 1 unspecified atom stereocenters. The molecular formula is C14H10ClF2NO. The summed E-state index contributed by atoms with van der Waals surface area (Å²) in [5.74, 6) is -0.393. The smallest absolute Gasteiger partial charge is 0.146 e. The van der Waals surface area contributed by atoms with Crippen LogP contribution >= 0.6 is 11.6 Å². The van der Waals surface area contributed by atoms with Crippen LogP contribution in [-0.4, -0.2) is 6.54 Å². The van der Waals surface area contributed by atoms with E-state index in [9.17, 15) is 8.78 Å². The number of anilines is 1. The predicted octanol–water partition coefficient (Wildman–Crippen LogP) is 4.16. The monoisotopic (exact) mass is 281 g/mol. The molecule has 1 N–H and O–H groups in total. The average Bonchev–Trinajstić information content (AvgIpc) is 2.41. The molecule has 0 radical (unpaired) electrons. The van der Waals surface area contributed by atoms with Crippen LogP contribution in [0.15, 0.2) is 36.4 Å². The SMILES string of the molecule is Fc1ccc2c(c1)OC(c1ccc(F)c(Cl)c1)CN2. The zero-order chi connectivity index (χ0) is 13.4. The van der Waals surface area contributed by atoms with Gasteiger partial charge in [-0.1, -0.05) is 17.7 Å². The first-order valence-electron chi connectivity index (χ1n) is 5.78. The fourth-order valence-electron chi connectivity index (χ4n) is 2.04. The lowest BCUT2D eigenvalue weighted by molar-refractivity contribution is 0.209. The fraction of sp³-hybridized carbons (Fsp3) is 0.143. The van der Waals surface area contributed by atoms with E-state index in [1.165, 1.54) is 24.3 Å². The van der Waals surface area contributed by atoms with E-state index in [-0.39, 0.29) is 16.9 Å². The van der Waals surface area contributed by atoms with Gasteiger partial charge in [-0.15, -0.1) is 0 Å². The number of nitrogens with one attached hydrogen (secondary N) is 1. The Kier molecular flexibility index (Phi) is 3.03. The number of ether oxygens (including phenoxy) is 1. The number of rotatable bonds is 1. The van der Waals surface area contributed by atoms with Crippen LogP contribution in [0.4, 0.5) is 14.5 Å². The predicted molar refractivity (Wildman–Crippen MR) is 69.7 cm³/mol. The van der Waals surface area contributed by atoms with Crippen molar-refractivity contribution in [3.63, 3.8) is 0 Å². The van der Waals surface area contributed by atoms with E-state index in [4.69, 9.17) is 16.3 Å². The minimum Gasteiger partial charge on any atom is -0.482 e. The lowest BCUT2D eigenvalue weighted by Gasteiger charge is -2.27. The highest BCUT2D eigenvalue weighted by molar-refractivity contribution is 6.30. The summed E-state index contributed by atoms with van der Waals surface area (Å²) in [6.07, 6.45) is -0.326. The molecule has 0 fully saturated rings. The van der Waals surface area contributed by atoms with Gasteiger partial charge in [0.05, 0.1) is 17.3 Å². The Bertz CT molecular complexity index is 633. The molecule has 2 aromatic rings. The van der Waals surface area contributed by atoms with Crippen molar-refractivity contribution in [2.45, 2.75) is 6.10 Å². The summed E-state index contributed by atoms with van der Waals surface area (Å²) in [6.45, 7) is 0.514. The van der Waals surface area contributed by atoms with Crippen molar-refractivity contribution < 1.29 is 13.5 Å². The van der Waals surface area contributed by atoms with Crippen molar-refractivity contribution >= 4 is 17.3 Å². The summed E-state index contributed by atoms with van der Waals surface area (Å²) < 4.78 is 32.0. The van der Waals surface area contributed by atoms with Crippen molar-refractivity contribution in [1.29, 1.82) is 0 Å². The van der Waals surface area contributed by atoms with Crippen LogP contribution in [0.5, 0.6) is 5.75 Å². The zero-order valence-electron chi connectivity index (χ0n) is 9.79. The van der Waals surface area contributed by atoms with E-state index >= 15 is 0 Å². The largest absolute Gasteiger partial charge is 0.482 e. The Labute approximate surface area is 114 Å². The summed E-state index contributed by atoms with van der Waals surface area (Å²) in [4.78, 5) is 0. The Balaban J connectivity index is 1.90. The lowest BCUT2D eigenvalue weighted by Crippen LogP contribution is -2.23. The number of halogens is 3. The first-order chi connectivity index (χ1) is 9.13. The van der Waals surface area contributed by atoms with E-state index in [0.717, 1.165) is 11.3 Å². The maximum Gasteiger partial charge on any atom is 0.146 e. The van der Waals surface area contributed by atoms with Crippen molar-refractivity contribution in [2.75, 3.05) is 11.9 Å². The first kappa shape index (κ1) is 12.2. The quantitative estimate of drug-likeness (QED) is 0.847. The molecular weight excluding hydrogens is 272 g/mol. The van der Waals surface area contributed by atoms with E-state index in [0.29, 0.717) is 12.3 Å². The van der Waals surface area contributed by atoms with Crippen LogP contribution in [0.2, 0.25) is 5.02 Å². The van der Waals surface area contributed by atoms with E-state index in [1.54, 1.807) is 12.1 Å². The van der Waals surface area contributed by atoms with Gasteiger partial charge in [-0.25, -0.2) is 8.78 Å². The highest BCUT2D eigenvalue weighted by Gasteiger charge is 2.22. The molecule has 2 nitrogen and oxygen atoms in total. The molecule has 0 aliphatic carbocycles. The summed E-state index contributed by atoms with van der Waals surface area (Å²) in [7, 11) is 0. The standard InChI is InChI=1S/C14H10ClF2NO/c15-10-5-8(1-3-11(10)17)14-7-18-12-4-2-9(16)6-13(12)19-14/h1-6,14,18H,7H2. The molecule has 0 aromatic heterocycles. The van der Waals surface area contributed by atoms with Gasteiger partial charge in [0.25, 0.3) is 0 Å². The second-order valence-corrected chi connectivity index (χ2v) is 4.71. The minimum atomic E-state index is -0.472. The normalized spacial score (nSPS) is 17.3. The molecule has 3 rings (SSSR count). The molecule has 2 aromatic carbocycles. The highest BCUT2D eigenvalue weighted by atomic mass is 35.5. The number of hydrogen-bond acceptors (Lipinski definition) is 2. The summed E-state index contributed by atoms with van der Waals surface area (Å²) in [6, 6.07) is 8.73. The Hall–Kier alpha value is -1.81. The molecule has 5 heteroatoms. The van der Waals surface area contributed by atoms with Gasteiger partial charge in [0, 0.05) is 6.07 Å². The molecule has 0 amide bonds. The molecule has 0 saturated heterocycles. The third kappa shape index (κ3) is 2.36. The van der Waals surface area contributed by atoms with Gasteiger partial charge >= 0.3 is 0 Å². The number of benzene rings is 2. The van der Waals surface area contributed by atoms with Gasteiger partial charge in [0.1, 0.15) is 23.5 Å². The molecule has 1 aliphatic rings. The van der Waals surface area contributed by atoms with E-state index in [1.807, 2.05) is 0 Å². The van der Waals surface area contributed by atoms with Gasteiger partial charge in [-0.05, 0) is 29.8 Å². The highest BCUT2D eigenvalue weighted by Crippen LogP contribution is 2.35. The molecule has 0 saturated carbocycles. The van der Waals surface area contributed by atoms with Gasteiger partial charge in [-0.2, -0.15) is 0 Å². The molecule has 0 spiro atoms. The molecule has 19 heavy (non-hydrogen) atoms. The maximum atomic E-state index is 13.2. The summed E-state index contributed by atoms with van der Waals surface area (Å²) in [5.41, 5.74) is 1.49. The van der Waals surface area contributed by atoms with Gasteiger partial charge in [0.15, 0.2) is 0 Å². The van der Waals surface area contributed by atoms with E-state index < -0.39 is 5.82 Å². The molecule has 98 valence electrons.